The van der Waals surface area contributed by atoms with Gasteiger partial charge in [-0.3, -0.25) is 4.79 Å². The number of fused-ring (bicyclic) bond motifs is 1. The molecule has 5 heteroatoms. The van der Waals surface area contributed by atoms with Crippen molar-refractivity contribution in [2.45, 2.75) is 6.92 Å². The summed E-state index contributed by atoms with van der Waals surface area (Å²) >= 11 is 0. The third-order valence-corrected chi connectivity index (χ3v) is 4.27. The zero-order valence-electron chi connectivity index (χ0n) is 13.7. The monoisotopic (exact) mass is 328 g/mol. The van der Waals surface area contributed by atoms with Gasteiger partial charge in [0.25, 0.3) is 5.91 Å². The highest BCUT2D eigenvalue weighted by molar-refractivity contribution is 6.01. The van der Waals surface area contributed by atoms with Crippen LogP contribution in [0.1, 0.15) is 16.2 Å². The van der Waals surface area contributed by atoms with Crippen LogP contribution in [0.15, 0.2) is 66.9 Å². The van der Waals surface area contributed by atoms with Gasteiger partial charge in [-0.15, -0.1) is 0 Å². The summed E-state index contributed by atoms with van der Waals surface area (Å²) < 4.78 is 1.88. The van der Waals surface area contributed by atoms with Gasteiger partial charge in [0.2, 0.25) is 0 Å². The Bertz CT molecular complexity index is 1080. The summed E-state index contributed by atoms with van der Waals surface area (Å²) in [5.74, 6) is -0.542. The molecule has 0 radical (unpaired) electrons. The average Bonchev–Trinajstić information content (AvgIpc) is 3.02. The van der Waals surface area contributed by atoms with E-state index in [1.165, 1.54) is 0 Å². The van der Waals surface area contributed by atoms with E-state index >= 15 is 0 Å². The first kappa shape index (κ1) is 15.1. The van der Waals surface area contributed by atoms with Crippen molar-refractivity contribution >= 4 is 16.8 Å². The number of para-hydroxylation sites is 2. The summed E-state index contributed by atoms with van der Waals surface area (Å²) in [6, 6.07) is 19.4. The van der Waals surface area contributed by atoms with E-state index in [4.69, 9.17) is 5.73 Å². The maximum atomic E-state index is 11.7. The zero-order valence-corrected chi connectivity index (χ0v) is 13.7. The lowest BCUT2D eigenvalue weighted by molar-refractivity contribution is 0.0996. The molecule has 4 rings (SSSR count). The van der Waals surface area contributed by atoms with E-state index in [0.29, 0.717) is 0 Å². The second kappa shape index (κ2) is 5.87. The van der Waals surface area contributed by atoms with Crippen molar-refractivity contribution < 1.29 is 4.79 Å². The van der Waals surface area contributed by atoms with Crippen LogP contribution in [0, 0.1) is 6.92 Å². The van der Waals surface area contributed by atoms with Gasteiger partial charge in [0.05, 0.1) is 17.4 Å². The van der Waals surface area contributed by atoms with E-state index in [9.17, 15) is 4.79 Å². The molecule has 122 valence electrons. The van der Waals surface area contributed by atoms with Crippen LogP contribution in [0.2, 0.25) is 0 Å². The van der Waals surface area contributed by atoms with E-state index in [0.717, 1.165) is 33.4 Å². The van der Waals surface area contributed by atoms with Crippen LogP contribution in [0.5, 0.6) is 0 Å². The molecule has 4 aromatic rings. The quantitative estimate of drug-likeness (QED) is 0.625. The predicted molar refractivity (Wildman–Crippen MR) is 97.6 cm³/mol. The molecule has 25 heavy (non-hydrogen) atoms. The number of rotatable bonds is 3. The molecule has 1 amide bonds. The minimum Gasteiger partial charge on any atom is -0.364 e. The van der Waals surface area contributed by atoms with Crippen molar-refractivity contribution in [1.82, 2.24) is 14.8 Å². The second-order valence-electron chi connectivity index (χ2n) is 5.83. The van der Waals surface area contributed by atoms with Gasteiger partial charge in [-0.25, -0.2) is 9.67 Å². The number of amides is 1. The smallest absolute Gasteiger partial charge is 0.267 e. The van der Waals surface area contributed by atoms with Gasteiger partial charge < -0.3 is 5.73 Å². The Hall–Kier alpha value is -3.47. The number of aromatic nitrogens is 3. The molecule has 0 saturated carbocycles. The number of benzene rings is 2. The SMILES string of the molecule is Cc1c(-c2cc(C(N)=O)nc3ccccc23)cnn1-c1ccccc1. The average molecular weight is 328 g/mol. The van der Waals surface area contributed by atoms with Gasteiger partial charge in [0, 0.05) is 16.6 Å². The molecule has 5 nitrogen and oxygen atoms in total. The number of nitrogens with two attached hydrogens (primary N) is 1. The Labute approximate surface area is 144 Å². The van der Waals surface area contributed by atoms with Crippen LogP contribution in [0.3, 0.4) is 0 Å². The fraction of sp³-hybridized carbons (Fsp3) is 0.0500. The fourth-order valence-electron chi connectivity index (χ4n) is 3.03. The number of nitrogens with zero attached hydrogens (tertiary/aromatic N) is 3. The number of primary amides is 1. The summed E-state index contributed by atoms with van der Waals surface area (Å²) in [4.78, 5) is 16.0. The van der Waals surface area contributed by atoms with E-state index < -0.39 is 5.91 Å². The van der Waals surface area contributed by atoms with Crippen LogP contribution in [-0.2, 0) is 0 Å². The Kier molecular flexibility index (Phi) is 3.54. The Balaban J connectivity index is 1.96. The molecule has 2 aromatic heterocycles. The largest absolute Gasteiger partial charge is 0.364 e. The molecular weight excluding hydrogens is 312 g/mol. The van der Waals surface area contributed by atoms with E-state index in [1.54, 1.807) is 6.07 Å². The maximum absolute atomic E-state index is 11.7. The summed E-state index contributed by atoms with van der Waals surface area (Å²) in [5.41, 5.74) is 10.3. The molecule has 0 aliphatic rings. The molecule has 0 spiro atoms. The number of hydrogen-bond donors (Lipinski definition) is 1. The van der Waals surface area contributed by atoms with Gasteiger partial charge >= 0.3 is 0 Å². The first-order valence-electron chi connectivity index (χ1n) is 7.95. The Morgan fingerprint density at radius 3 is 2.48 bits per heavy atom. The van der Waals surface area contributed by atoms with Crippen molar-refractivity contribution in [3.8, 4) is 16.8 Å². The van der Waals surface area contributed by atoms with E-state index in [1.807, 2.05) is 72.4 Å². The number of pyridine rings is 1. The fourth-order valence-corrected chi connectivity index (χ4v) is 3.03. The third kappa shape index (κ3) is 2.55. The molecule has 0 bridgehead atoms. The molecule has 2 aromatic carbocycles. The van der Waals surface area contributed by atoms with Crippen LogP contribution in [0.4, 0.5) is 0 Å². The van der Waals surface area contributed by atoms with Gasteiger partial charge in [0.1, 0.15) is 5.69 Å². The summed E-state index contributed by atoms with van der Waals surface area (Å²) in [6.45, 7) is 2.01. The van der Waals surface area contributed by atoms with Gasteiger partial charge in [-0.1, -0.05) is 36.4 Å². The van der Waals surface area contributed by atoms with Crippen LogP contribution in [0.25, 0.3) is 27.7 Å². The molecule has 2 heterocycles. The van der Waals surface area contributed by atoms with Crippen LogP contribution < -0.4 is 5.73 Å². The molecule has 2 N–H and O–H groups in total. The first-order chi connectivity index (χ1) is 12.1. The van der Waals surface area contributed by atoms with Gasteiger partial charge in [0.15, 0.2) is 0 Å². The summed E-state index contributed by atoms with van der Waals surface area (Å²) in [7, 11) is 0. The topological polar surface area (TPSA) is 73.8 Å². The third-order valence-electron chi connectivity index (χ3n) is 4.27. The predicted octanol–water partition coefficient (Wildman–Crippen LogP) is 3.49. The molecule has 0 aliphatic heterocycles. The summed E-state index contributed by atoms with van der Waals surface area (Å²) in [5, 5.41) is 5.49. The molecular formula is C20H16N4O. The van der Waals surface area contributed by atoms with Gasteiger partial charge in [-0.05, 0) is 36.8 Å². The lowest BCUT2D eigenvalue weighted by Gasteiger charge is -2.09. The van der Waals surface area contributed by atoms with Gasteiger partial charge in [-0.2, -0.15) is 5.10 Å². The van der Waals surface area contributed by atoms with Crippen molar-refractivity contribution in [1.29, 1.82) is 0 Å². The molecule has 0 saturated heterocycles. The van der Waals surface area contributed by atoms with Crippen molar-refractivity contribution in [3.63, 3.8) is 0 Å². The summed E-state index contributed by atoms with van der Waals surface area (Å²) in [6.07, 6.45) is 1.81. The highest BCUT2D eigenvalue weighted by Gasteiger charge is 2.15. The van der Waals surface area contributed by atoms with Crippen molar-refractivity contribution in [2.24, 2.45) is 5.73 Å². The normalized spacial score (nSPS) is 10.9. The second-order valence-corrected chi connectivity index (χ2v) is 5.83. The standard InChI is InChI=1S/C20H16N4O/c1-13-17(12-22-24(13)14-7-3-2-4-8-14)16-11-19(20(21)25)23-18-10-6-5-9-15(16)18/h2-12H,1H3,(H2,21,25). The number of hydrogen-bond acceptors (Lipinski definition) is 3. The zero-order chi connectivity index (χ0) is 17.4. The molecule has 0 atom stereocenters. The minimum atomic E-state index is -0.542. The molecule has 0 unspecified atom stereocenters. The lowest BCUT2D eigenvalue weighted by Crippen LogP contribution is -2.13. The van der Waals surface area contributed by atoms with Crippen molar-refractivity contribution in [2.75, 3.05) is 0 Å². The van der Waals surface area contributed by atoms with Crippen LogP contribution >= 0.6 is 0 Å². The highest BCUT2D eigenvalue weighted by Crippen LogP contribution is 2.31. The Morgan fingerprint density at radius 1 is 1.00 bits per heavy atom. The molecule has 0 aliphatic carbocycles. The Morgan fingerprint density at radius 2 is 1.72 bits per heavy atom. The minimum absolute atomic E-state index is 0.251. The number of carbonyl (C=O) groups is 1. The molecule has 0 fully saturated rings. The van der Waals surface area contributed by atoms with E-state index in [2.05, 4.69) is 10.1 Å². The lowest BCUT2D eigenvalue weighted by atomic mass is 10.0. The maximum Gasteiger partial charge on any atom is 0.267 e. The highest BCUT2D eigenvalue weighted by atomic mass is 16.1. The van der Waals surface area contributed by atoms with Crippen molar-refractivity contribution in [3.05, 3.63) is 78.2 Å². The van der Waals surface area contributed by atoms with E-state index in [-0.39, 0.29) is 5.69 Å². The number of carbonyl (C=O) groups excluding carboxylic acids is 1. The first-order valence-corrected chi connectivity index (χ1v) is 7.95. The van der Waals surface area contributed by atoms with Crippen LogP contribution in [-0.4, -0.2) is 20.7 Å².